The number of hydrogen-bond acceptors (Lipinski definition) is 6. The fourth-order valence-corrected chi connectivity index (χ4v) is 6.29. The molecule has 0 spiro atoms. The van der Waals surface area contributed by atoms with Crippen LogP contribution in [0.2, 0.25) is 0 Å². The average Bonchev–Trinajstić information content (AvgIpc) is 3.21. The molecule has 0 saturated carbocycles. The van der Waals surface area contributed by atoms with E-state index in [-0.39, 0.29) is 22.5 Å². The molecule has 0 radical (unpaired) electrons. The maximum atomic E-state index is 14.3. The van der Waals surface area contributed by atoms with E-state index in [1.165, 1.54) is 44.2 Å². The number of sulfonamides is 1. The molecule has 1 fully saturated rings. The Bertz CT molecular complexity index is 2130. The van der Waals surface area contributed by atoms with Gasteiger partial charge in [-0.15, -0.1) is 0 Å². The highest BCUT2D eigenvalue weighted by Gasteiger charge is 2.52. The summed E-state index contributed by atoms with van der Waals surface area (Å²) in [6.07, 6.45) is -5.10. The van der Waals surface area contributed by atoms with Gasteiger partial charge >= 0.3 is 18.2 Å². The quantitative estimate of drug-likeness (QED) is 0.130. The molecule has 0 bridgehead atoms. The number of alkyl halides is 3. The molecule has 1 aliphatic rings. The lowest BCUT2D eigenvalue weighted by atomic mass is 10.0. The van der Waals surface area contributed by atoms with Crippen LogP contribution in [0.1, 0.15) is 40.9 Å². The summed E-state index contributed by atoms with van der Waals surface area (Å²) < 4.78 is 95.2. The van der Waals surface area contributed by atoms with E-state index >= 15 is 0 Å². The molecule has 1 saturated heterocycles. The van der Waals surface area contributed by atoms with Crippen LogP contribution < -0.4 is 20.3 Å². The molecule has 1 aliphatic heterocycles. The lowest BCUT2D eigenvalue weighted by Gasteiger charge is -2.28. The Morgan fingerprint density at radius 2 is 1.51 bits per heavy atom. The smallest absolute Gasteiger partial charge is 0.308 e. The SMILES string of the molecule is CC1(C)C(=O)N(c2ccc(F)c(C(F)(F)F)c2)C(=O)N1Cc1ccc(F)cc1NC(=O)Nc1ccc(C(=O)NS(=O)(=O)Cc2ccccc2)cc1. The van der Waals surface area contributed by atoms with Gasteiger partial charge in [0.1, 0.15) is 17.2 Å². The molecule has 51 heavy (non-hydrogen) atoms. The summed E-state index contributed by atoms with van der Waals surface area (Å²) in [5.41, 5.74) is -3.19. The molecule has 6 amide bonds. The third-order valence-electron chi connectivity index (χ3n) is 7.84. The highest BCUT2D eigenvalue weighted by Crippen LogP contribution is 2.38. The number of benzene rings is 4. The van der Waals surface area contributed by atoms with E-state index in [1.807, 2.05) is 4.72 Å². The van der Waals surface area contributed by atoms with Gasteiger partial charge < -0.3 is 15.5 Å². The standard InChI is InChI=1S/C34H28F5N5O6S/c1-33(2)30(46)44(25-14-15-27(36)26(17-25)34(37,38)39)32(48)43(33)18-22-8-11-23(35)16-28(22)41-31(47)40-24-12-9-21(10-13-24)29(45)42-51(49,50)19-20-6-4-3-5-7-20/h3-17H,18-19H2,1-2H3,(H,42,45)(H2,40,41,47). The molecule has 5 rings (SSSR count). The number of urea groups is 2. The third kappa shape index (κ3) is 8.15. The van der Waals surface area contributed by atoms with Crippen molar-refractivity contribution in [1.29, 1.82) is 0 Å². The van der Waals surface area contributed by atoms with E-state index < -0.39 is 80.8 Å². The third-order valence-corrected chi connectivity index (χ3v) is 9.05. The zero-order valence-corrected chi connectivity index (χ0v) is 27.5. The van der Waals surface area contributed by atoms with Gasteiger partial charge in [0.25, 0.3) is 11.8 Å². The zero-order valence-electron chi connectivity index (χ0n) is 26.7. The first-order valence-corrected chi connectivity index (χ1v) is 16.6. The maximum Gasteiger partial charge on any atom is 0.419 e. The number of rotatable bonds is 9. The van der Waals surface area contributed by atoms with Crippen LogP contribution in [0.3, 0.4) is 0 Å². The summed E-state index contributed by atoms with van der Waals surface area (Å²) in [6.45, 7) is 2.27. The first kappa shape index (κ1) is 36.4. The number of imide groups is 1. The molecular formula is C34H28F5N5O6S. The highest BCUT2D eigenvalue weighted by atomic mass is 32.2. The molecule has 0 unspecified atom stereocenters. The van der Waals surface area contributed by atoms with Crippen LogP contribution in [0.15, 0.2) is 91.0 Å². The topological polar surface area (TPSA) is 145 Å². The lowest BCUT2D eigenvalue weighted by Crippen LogP contribution is -2.43. The van der Waals surface area contributed by atoms with E-state index in [2.05, 4.69) is 10.6 Å². The van der Waals surface area contributed by atoms with Crippen LogP contribution in [-0.2, 0) is 33.3 Å². The minimum absolute atomic E-state index is 0.0261. The van der Waals surface area contributed by atoms with E-state index in [0.717, 1.165) is 23.1 Å². The molecule has 0 aromatic heterocycles. The summed E-state index contributed by atoms with van der Waals surface area (Å²) in [5, 5.41) is 4.91. The number of anilines is 3. The second-order valence-electron chi connectivity index (χ2n) is 11.9. The number of amides is 6. The largest absolute Gasteiger partial charge is 0.419 e. The van der Waals surface area contributed by atoms with Crippen LogP contribution in [0.5, 0.6) is 0 Å². The number of nitrogens with one attached hydrogen (secondary N) is 3. The molecule has 266 valence electrons. The van der Waals surface area contributed by atoms with Crippen LogP contribution in [0.4, 0.5) is 48.6 Å². The van der Waals surface area contributed by atoms with Crippen molar-refractivity contribution in [2.24, 2.45) is 0 Å². The van der Waals surface area contributed by atoms with Gasteiger partial charge in [-0.05, 0) is 79.6 Å². The minimum atomic E-state index is -5.10. The van der Waals surface area contributed by atoms with Gasteiger partial charge in [-0.3, -0.25) is 9.59 Å². The average molecular weight is 730 g/mol. The summed E-state index contributed by atoms with van der Waals surface area (Å²) in [7, 11) is -4.01. The van der Waals surface area contributed by atoms with Gasteiger partial charge in [0.05, 0.1) is 29.2 Å². The molecule has 4 aromatic rings. The highest BCUT2D eigenvalue weighted by molar-refractivity contribution is 7.89. The number of hydrogen-bond donors (Lipinski definition) is 3. The Kier molecular flexibility index (Phi) is 9.87. The van der Waals surface area contributed by atoms with Crippen LogP contribution in [0.25, 0.3) is 0 Å². The molecule has 0 aliphatic carbocycles. The van der Waals surface area contributed by atoms with Gasteiger partial charge in [-0.25, -0.2) is 36.4 Å². The van der Waals surface area contributed by atoms with Crippen molar-refractivity contribution >= 4 is 51.0 Å². The summed E-state index contributed by atoms with van der Waals surface area (Å²) in [5.74, 6) is -4.60. The number of carbonyl (C=O) groups excluding carboxylic acids is 4. The van der Waals surface area contributed by atoms with E-state index in [4.69, 9.17) is 0 Å². The molecular weight excluding hydrogens is 701 g/mol. The predicted octanol–water partition coefficient (Wildman–Crippen LogP) is 6.63. The van der Waals surface area contributed by atoms with Crippen LogP contribution in [0, 0.1) is 11.6 Å². The van der Waals surface area contributed by atoms with E-state index in [1.54, 1.807) is 30.3 Å². The predicted molar refractivity (Wildman–Crippen MR) is 176 cm³/mol. The van der Waals surface area contributed by atoms with Crippen molar-refractivity contribution in [3.63, 3.8) is 0 Å². The van der Waals surface area contributed by atoms with Gasteiger partial charge in [-0.2, -0.15) is 13.2 Å². The van der Waals surface area contributed by atoms with Gasteiger partial charge in [-0.1, -0.05) is 36.4 Å². The molecule has 4 aromatic carbocycles. The summed E-state index contributed by atoms with van der Waals surface area (Å²) >= 11 is 0. The Labute approximate surface area is 288 Å². The molecule has 1 heterocycles. The Balaban J connectivity index is 1.28. The maximum absolute atomic E-state index is 14.3. The minimum Gasteiger partial charge on any atom is -0.308 e. The lowest BCUT2D eigenvalue weighted by molar-refractivity contribution is -0.140. The number of halogens is 5. The van der Waals surface area contributed by atoms with Crippen molar-refractivity contribution in [2.75, 3.05) is 15.5 Å². The first-order chi connectivity index (χ1) is 23.9. The van der Waals surface area contributed by atoms with Crippen molar-refractivity contribution in [3.8, 4) is 0 Å². The molecule has 17 heteroatoms. The number of carbonyl (C=O) groups is 4. The molecule has 3 N–H and O–H groups in total. The number of nitrogens with zero attached hydrogens (tertiary/aromatic N) is 2. The molecule has 11 nitrogen and oxygen atoms in total. The fraction of sp³-hybridized carbons (Fsp3) is 0.176. The molecule has 0 atom stereocenters. The van der Waals surface area contributed by atoms with E-state index in [0.29, 0.717) is 22.6 Å². The van der Waals surface area contributed by atoms with Crippen molar-refractivity contribution in [2.45, 2.75) is 37.9 Å². The Morgan fingerprint density at radius 3 is 2.16 bits per heavy atom. The van der Waals surface area contributed by atoms with Gasteiger partial charge in [0.15, 0.2) is 0 Å². The van der Waals surface area contributed by atoms with Crippen molar-refractivity contribution in [1.82, 2.24) is 9.62 Å². The fourth-order valence-electron chi connectivity index (χ4n) is 5.19. The second kappa shape index (κ2) is 13.8. The monoisotopic (exact) mass is 729 g/mol. The zero-order chi connectivity index (χ0) is 37.3. The van der Waals surface area contributed by atoms with Crippen LogP contribution >= 0.6 is 0 Å². The normalized spacial score (nSPS) is 14.4. The van der Waals surface area contributed by atoms with Gasteiger partial charge in [0, 0.05) is 11.3 Å². The Morgan fingerprint density at radius 1 is 0.843 bits per heavy atom. The van der Waals surface area contributed by atoms with Crippen molar-refractivity contribution in [3.05, 3.63) is 125 Å². The van der Waals surface area contributed by atoms with E-state index in [9.17, 15) is 49.5 Å². The summed E-state index contributed by atoms with van der Waals surface area (Å²) in [6, 6.07) is 16.4. The Hall–Kier alpha value is -5.84. The first-order valence-electron chi connectivity index (χ1n) is 14.9. The second-order valence-corrected chi connectivity index (χ2v) is 13.6. The van der Waals surface area contributed by atoms with Crippen molar-refractivity contribution < 1.29 is 49.5 Å². The van der Waals surface area contributed by atoms with Crippen LogP contribution in [-0.4, -0.2) is 42.7 Å². The van der Waals surface area contributed by atoms with Gasteiger partial charge in [0.2, 0.25) is 10.0 Å². The summed E-state index contributed by atoms with van der Waals surface area (Å²) in [4.78, 5) is 53.8.